The molecule has 2 aromatic rings. The van der Waals surface area contributed by atoms with Crippen molar-refractivity contribution in [3.8, 4) is 5.75 Å². The van der Waals surface area contributed by atoms with Crippen molar-refractivity contribution >= 4 is 11.8 Å². The van der Waals surface area contributed by atoms with Crippen molar-refractivity contribution in [2.75, 3.05) is 13.2 Å². The third-order valence-corrected chi connectivity index (χ3v) is 4.98. The SMILES string of the molecule is CCCCNC(=O)[C@H](C)N(Cc1ccccc1C)C(=O)COc1ccc(C)cc1. The van der Waals surface area contributed by atoms with Crippen LogP contribution in [0, 0.1) is 13.8 Å². The summed E-state index contributed by atoms with van der Waals surface area (Å²) in [4.78, 5) is 27.2. The number of nitrogens with one attached hydrogen (secondary N) is 1. The van der Waals surface area contributed by atoms with Gasteiger partial charge in [0.15, 0.2) is 6.61 Å². The van der Waals surface area contributed by atoms with Crippen LogP contribution >= 0.6 is 0 Å². The molecule has 1 atom stereocenters. The summed E-state index contributed by atoms with van der Waals surface area (Å²) in [5.41, 5.74) is 3.23. The first-order chi connectivity index (χ1) is 13.9. The molecule has 156 valence electrons. The topological polar surface area (TPSA) is 58.6 Å². The van der Waals surface area contributed by atoms with Gasteiger partial charge in [0.2, 0.25) is 5.91 Å². The Labute approximate surface area is 174 Å². The second-order valence-corrected chi connectivity index (χ2v) is 7.37. The molecule has 2 rings (SSSR count). The molecule has 0 aromatic heterocycles. The summed E-state index contributed by atoms with van der Waals surface area (Å²) >= 11 is 0. The number of carbonyl (C=O) groups excluding carboxylic acids is 2. The minimum absolute atomic E-state index is 0.110. The molecular formula is C24H32N2O3. The van der Waals surface area contributed by atoms with Crippen LogP contribution in [0.2, 0.25) is 0 Å². The molecule has 0 saturated carbocycles. The molecule has 0 aliphatic heterocycles. The molecule has 0 fully saturated rings. The molecule has 29 heavy (non-hydrogen) atoms. The second-order valence-electron chi connectivity index (χ2n) is 7.37. The van der Waals surface area contributed by atoms with Gasteiger partial charge < -0.3 is 15.0 Å². The van der Waals surface area contributed by atoms with Gasteiger partial charge in [-0.1, -0.05) is 55.3 Å². The van der Waals surface area contributed by atoms with Gasteiger partial charge in [-0.25, -0.2) is 0 Å². The summed E-state index contributed by atoms with van der Waals surface area (Å²) in [5.74, 6) is 0.280. The summed E-state index contributed by atoms with van der Waals surface area (Å²) < 4.78 is 5.68. The number of ether oxygens (including phenoxy) is 1. The van der Waals surface area contributed by atoms with E-state index in [0.717, 1.165) is 29.5 Å². The standard InChI is InChI=1S/C24H32N2O3/c1-5-6-15-25-24(28)20(4)26(16-21-10-8-7-9-19(21)3)23(27)17-29-22-13-11-18(2)12-14-22/h7-14,20H,5-6,15-17H2,1-4H3,(H,25,28)/t20-/m0/s1. The second kappa shape index (κ2) is 11.2. The van der Waals surface area contributed by atoms with Gasteiger partial charge in [0.05, 0.1) is 0 Å². The highest BCUT2D eigenvalue weighted by molar-refractivity contribution is 5.88. The number of carbonyl (C=O) groups is 2. The fourth-order valence-corrected chi connectivity index (χ4v) is 2.95. The Morgan fingerprint density at radius 2 is 1.76 bits per heavy atom. The van der Waals surface area contributed by atoms with E-state index < -0.39 is 6.04 Å². The van der Waals surface area contributed by atoms with Crippen molar-refractivity contribution in [3.63, 3.8) is 0 Å². The lowest BCUT2D eigenvalue weighted by Crippen LogP contribution is -2.49. The van der Waals surface area contributed by atoms with Gasteiger partial charge >= 0.3 is 0 Å². The first-order valence-corrected chi connectivity index (χ1v) is 10.2. The first-order valence-electron chi connectivity index (χ1n) is 10.2. The molecule has 0 radical (unpaired) electrons. The number of rotatable bonds is 10. The quantitative estimate of drug-likeness (QED) is 0.617. The number of nitrogens with zero attached hydrogens (tertiary/aromatic N) is 1. The third-order valence-electron chi connectivity index (χ3n) is 4.98. The van der Waals surface area contributed by atoms with Gasteiger partial charge in [-0.05, 0) is 50.5 Å². The Hall–Kier alpha value is -2.82. The molecule has 5 heteroatoms. The molecule has 0 aliphatic rings. The van der Waals surface area contributed by atoms with E-state index in [4.69, 9.17) is 4.74 Å². The molecule has 0 spiro atoms. The molecule has 0 aliphatic carbocycles. The van der Waals surface area contributed by atoms with E-state index in [2.05, 4.69) is 12.2 Å². The number of hydrogen-bond donors (Lipinski definition) is 1. The lowest BCUT2D eigenvalue weighted by atomic mass is 10.1. The van der Waals surface area contributed by atoms with Crippen LogP contribution < -0.4 is 10.1 Å². The highest BCUT2D eigenvalue weighted by Crippen LogP contribution is 2.15. The highest BCUT2D eigenvalue weighted by atomic mass is 16.5. The number of aryl methyl sites for hydroxylation is 2. The van der Waals surface area contributed by atoms with Gasteiger partial charge in [-0.15, -0.1) is 0 Å². The summed E-state index contributed by atoms with van der Waals surface area (Å²) in [5, 5.41) is 2.93. The Morgan fingerprint density at radius 3 is 2.41 bits per heavy atom. The van der Waals surface area contributed by atoms with Crippen molar-refractivity contribution < 1.29 is 14.3 Å². The zero-order valence-electron chi connectivity index (χ0n) is 17.9. The Balaban J connectivity index is 2.11. The van der Waals surface area contributed by atoms with Crippen molar-refractivity contribution in [2.24, 2.45) is 0 Å². The number of amides is 2. The van der Waals surface area contributed by atoms with E-state index in [-0.39, 0.29) is 18.4 Å². The van der Waals surface area contributed by atoms with E-state index in [9.17, 15) is 9.59 Å². The summed E-state index contributed by atoms with van der Waals surface area (Å²) in [6, 6.07) is 14.9. The van der Waals surface area contributed by atoms with Crippen LogP contribution in [0.15, 0.2) is 48.5 Å². The smallest absolute Gasteiger partial charge is 0.261 e. The molecule has 2 amide bonds. The fourth-order valence-electron chi connectivity index (χ4n) is 2.95. The zero-order chi connectivity index (χ0) is 21.2. The number of unbranched alkanes of at least 4 members (excludes halogenated alkanes) is 1. The van der Waals surface area contributed by atoms with Crippen molar-refractivity contribution in [2.45, 2.75) is 53.1 Å². The van der Waals surface area contributed by atoms with Crippen molar-refractivity contribution in [3.05, 3.63) is 65.2 Å². The average molecular weight is 397 g/mol. The Morgan fingerprint density at radius 1 is 1.07 bits per heavy atom. The van der Waals surface area contributed by atoms with Crippen LogP contribution in [0.25, 0.3) is 0 Å². The van der Waals surface area contributed by atoms with E-state index in [0.29, 0.717) is 18.8 Å². The highest BCUT2D eigenvalue weighted by Gasteiger charge is 2.26. The molecule has 2 aromatic carbocycles. The maximum Gasteiger partial charge on any atom is 0.261 e. The average Bonchev–Trinajstić information content (AvgIpc) is 2.72. The van der Waals surface area contributed by atoms with Crippen LogP contribution in [0.5, 0.6) is 5.75 Å². The minimum Gasteiger partial charge on any atom is -0.484 e. The van der Waals surface area contributed by atoms with Crippen LogP contribution in [-0.2, 0) is 16.1 Å². The summed E-state index contributed by atoms with van der Waals surface area (Å²) in [7, 11) is 0. The van der Waals surface area contributed by atoms with Crippen molar-refractivity contribution in [1.29, 1.82) is 0 Å². The third kappa shape index (κ3) is 6.93. The molecule has 0 bridgehead atoms. The normalized spacial score (nSPS) is 11.6. The van der Waals surface area contributed by atoms with Gasteiger partial charge in [0.1, 0.15) is 11.8 Å². The minimum atomic E-state index is -0.583. The van der Waals surface area contributed by atoms with Crippen LogP contribution in [-0.4, -0.2) is 35.9 Å². The molecular weight excluding hydrogens is 364 g/mol. The van der Waals surface area contributed by atoms with Crippen LogP contribution in [0.3, 0.4) is 0 Å². The number of benzene rings is 2. The van der Waals surface area contributed by atoms with E-state index >= 15 is 0 Å². The maximum atomic E-state index is 13.0. The maximum absolute atomic E-state index is 13.0. The monoisotopic (exact) mass is 396 g/mol. The lowest BCUT2D eigenvalue weighted by Gasteiger charge is -2.29. The van der Waals surface area contributed by atoms with Crippen LogP contribution in [0.1, 0.15) is 43.4 Å². The Bertz CT molecular complexity index is 802. The fraction of sp³-hybridized carbons (Fsp3) is 0.417. The predicted octanol–water partition coefficient (Wildman–Crippen LogP) is 4.02. The van der Waals surface area contributed by atoms with Gasteiger partial charge in [-0.3, -0.25) is 9.59 Å². The molecule has 5 nitrogen and oxygen atoms in total. The van der Waals surface area contributed by atoms with Crippen molar-refractivity contribution in [1.82, 2.24) is 10.2 Å². The molecule has 1 N–H and O–H groups in total. The summed E-state index contributed by atoms with van der Waals surface area (Å²) in [6.07, 6.45) is 1.92. The lowest BCUT2D eigenvalue weighted by molar-refractivity contribution is -0.142. The zero-order valence-corrected chi connectivity index (χ0v) is 17.9. The van der Waals surface area contributed by atoms with E-state index in [1.807, 2.05) is 62.4 Å². The van der Waals surface area contributed by atoms with E-state index in [1.54, 1.807) is 11.8 Å². The Kier molecular flexibility index (Phi) is 8.71. The van der Waals surface area contributed by atoms with Gasteiger partial charge in [-0.2, -0.15) is 0 Å². The first kappa shape index (κ1) is 22.5. The number of hydrogen-bond acceptors (Lipinski definition) is 3. The van der Waals surface area contributed by atoms with E-state index in [1.165, 1.54) is 0 Å². The molecule has 0 saturated heterocycles. The summed E-state index contributed by atoms with van der Waals surface area (Å²) in [6.45, 7) is 8.72. The predicted molar refractivity (Wildman–Crippen MR) is 116 cm³/mol. The molecule has 0 heterocycles. The van der Waals surface area contributed by atoms with Crippen LogP contribution in [0.4, 0.5) is 0 Å². The molecule has 0 unspecified atom stereocenters. The largest absolute Gasteiger partial charge is 0.484 e. The van der Waals surface area contributed by atoms with Gasteiger partial charge in [0.25, 0.3) is 5.91 Å². The van der Waals surface area contributed by atoms with Gasteiger partial charge in [0, 0.05) is 13.1 Å².